The Morgan fingerprint density at radius 2 is 2.35 bits per heavy atom. The van der Waals surface area contributed by atoms with Crippen LogP contribution in [0.25, 0.3) is 11.5 Å². The molecule has 0 saturated carbocycles. The molecule has 0 aliphatic carbocycles. The van der Waals surface area contributed by atoms with Gasteiger partial charge in [-0.15, -0.1) is 0 Å². The molecule has 86 valence electrons. The lowest BCUT2D eigenvalue weighted by atomic mass is 10.1. The maximum absolute atomic E-state index is 8.57. The molecule has 2 aromatic rings. The van der Waals surface area contributed by atoms with E-state index in [1.807, 2.05) is 25.1 Å². The maximum Gasteiger partial charge on any atom is 0.227 e. The maximum atomic E-state index is 8.57. The van der Waals surface area contributed by atoms with E-state index in [0.717, 1.165) is 0 Å². The molecule has 0 aromatic carbocycles. The van der Waals surface area contributed by atoms with Crippen molar-refractivity contribution in [1.82, 2.24) is 15.1 Å². The fourth-order valence-corrected chi connectivity index (χ4v) is 1.46. The summed E-state index contributed by atoms with van der Waals surface area (Å²) in [5.74, 6) is 1.26. The molecule has 2 rings (SSSR count). The first-order chi connectivity index (χ1) is 8.29. The summed E-state index contributed by atoms with van der Waals surface area (Å²) < 4.78 is 5.13. The van der Waals surface area contributed by atoms with Crippen molar-refractivity contribution in [3.05, 3.63) is 30.3 Å². The SMILES string of the molecule is CC(CC#N)Cc1nc(-c2ccccn2)no1. The highest BCUT2D eigenvalue weighted by Gasteiger charge is 2.12. The number of aromatic nitrogens is 3. The van der Waals surface area contributed by atoms with Crippen molar-refractivity contribution in [2.75, 3.05) is 0 Å². The predicted molar refractivity (Wildman–Crippen MR) is 60.6 cm³/mol. The van der Waals surface area contributed by atoms with E-state index < -0.39 is 0 Å². The van der Waals surface area contributed by atoms with Crippen LogP contribution in [0.3, 0.4) is 0 Å². The Kier molecular flexibility index (Phi) is 3.46. The number of nitriles is 1. The molecule has 5 nitrogen and oxygen atoms in total. The van der Waals surface area contributed by atoms with Crippen molar-refractivity contribution in [3.63, 3.8) is 0 Å². The van der Waals surface area contributed by atoms with E-state index in [1.165, 1.54) is 0 Å². The molecule has 0 aliphatic rings. The second-order valence-electron chi connectivity index (χ2n) is 3.90. The Bertz CT molecular complexity index is 515. The minimum atomic E-state index is 0.219. The number of rotatable bonds is 4. The smallest absolute Gasteiger partial charge is 0.227 e. The van der Waals surface area contributed by atoms with Gasteiger partial charge in [0.05, 0.1) is 6.07 Å². The van der Waals surface area contributed by atoms with Crippen LogP contribution in [0.5, 0.6) is 0 Å². The van der Waals surface area contributed by atoms with Crippen LogP contribution in [-0.2, 0) is 6.42 Å². The quantitative estimate of drug-likeness (QED) is 0.802. The molecule has 2 aromatic heterocycles. The zero-order valence-corrected chi connectivity index (χ0v) is 9.50. The molecule has 1 unspecified atom stereocenters. The van der Waals surface area contributed by atoms with E-state index in [0.29, 0.717) is 30.3 Å². The van der Waals surface area contributed by atoms with E-state index in [4.69, 9.17) is 9.78 Å². The standard InChI is InChI=1S/C12H12N4O/c1-9(5-6-13)8-11-15-12(16-17-11)10-4-2-3-7-14-10/h2-4,7,9H,5,8H2,1H3. The predicted octanol–water partition coefficient (Wildman–Crippen LogP) is 2.22. The number of hydrogen-bond donors (Lipinski definition) is 0. The first-order valence-corrected chi connectivity index (χ1v) is 5.40. The van der Waals surface area contributed by atoms with Gasteiger partial charge in [0, 0.05) is 19.0 Å². The lowest BCUT2D eigenvalue weighted by Gasteiger charge is -2.00. The molecule has 17 heavy (non-hydrogen) atoms. The molecular weight excluding hydrogens is 216 g/mol. The van der Waals surface area contributed by atoms with Crippen molar-refractivity contribution in [3.8, 4) is 17.6 Å². The monoisotopic (exact) mass is 228 g/mol. The third-order valence-corrected chi connectivity index (χ3v) is 2.32. The van der Waals surface area contributed by atoms with Crippen LogP contribution in [0.4, 0.5) is 0 Å². The number of hydrogen-bond acceptors (Lipinski definition) is 5. The largest absolute Gasteiger partial charge is 0.339 e. The van der Waals surface area contributed by atoms with Gasteiger partial charge in [-0.25, -0.2) is 0 Å². The molecule has 0 saturated heterocycles. The highest BCUT2D eigenvalue weighted by molar-refractivity contribution is 5.46. The van der Waals surface area contributed by atoms with Crippen molar-refractivity contribution in [2.24, 2.45) is 5.92 Å². The second kappa shape index (κ2) is 5.21. The molecule has 0 N–H and O–H groups in total. The Morgan fingerprint density at radius 1 is 1.47 bits per heavy atom. The van der Waals surface area contributed by atoms with Crippen molar-refractivity contribution >= 4 is 0 Å². The van der Waals surface area contributed by atoms with Crippen molar-refractivity contribution in [1.29, 1.82) is 5.26 Å². The summed E-state index contributed by atoms with van der Waals surface area (Å²) in [7, 11) is 0. The summed E-state index contributed by atoms with van der Waals surface area (Å²) in [6.07, 6.45) is 2.79. The van der Waals surface area contributed by atoms with Gasteiger partial charge in [-0.2, -0.15) is 10.2 Å². The van der Waals surface area contributed by atoms with Crippen LogP contribution in [0.15, 0.2) is 28.9 Å². The second-order valence-corrected chi connectivity index (χ2v) is 3.90. The van der Waals surface area contributed by atoms with Crippen molar-refractivity contribution < 1.29 is 4.52 Å². The summed E-state index contributed by atoms with van der Waals surface area (Å²) in [6.45, 7) is 1.98. The number of pyridine rings is 1. The van der Waals surface area contributed by atoms with E-state index in [9.17, 15) is 0 Å². The van der Waals surface area contributed by atoms with Gasteiger partial charge in [0.1, 0.15) is 5.69 Å². The average Bonchev–Trinajstić information content (AvgIpc) is 2.79. The summed E-state index contributed by atoms with van der Waals surface area (Å²) >= 11 is 0. The molecule has 2 heterocycles. The van der Waals surface area contributed by atoms with E-state index >= 15 is 0 Å². The average molecular weight is 228 g/mol. The summed E-state index contributed by atoms with van der Waals surface area (Å²) in [5, 5.41) is 12.4. The highest BCUT2D eigenvalue weighted by Crippen LogP contribution is 2.15. The lowest BCUT2D eigenvalue weighted by molar-refractivity contribution is 0.359. The summed E-state index contributed by atoms with van der Waals surface area (Å²) in [4.78, 5) is 8.39. The van der Waals surface area contributed by atoms with Crippen LogP contribution in [0, 0.1) is 17.2 Å². The topological polar surface area (TPSA) is 75.6 Å². The van der Waals surface area contributed by atoms with Gasteiger partial charge in [0.25, 0.3) is 0 Å². The van der Waals surface area contributed by atoms with E-state index in [-0.39, 0.29) is 5.92 Å². The van der Waals surface area contributed by atoms with Gasteiger partial charge in [0.15, 0.2) is 0 Å². The fourth-order valence-electron chi connectivity index (χ4n) is 1.46. The molecule has 0 spiro atoms. The van der Waals surface area contributed by atoms with Gasteiger partial charge < -0.3 is 4.52 Å². The van der Waals surface area contributed by atoms with Crippen LogP contribution >= 0.6 is 0 Å². The Balaban J connectivity index is 2.09. The Hall–Kier alpha value is -2.22. The zero-order valence-electron chi connectivity index (χ0n) is 9.50. The van der Waals surface area contributed by atoms with Crippen LogP contribution in [0.1, 0.15) is 19.2 Å². The first-order valence-electron chi connectivity index (χ1n) is 5.40. The van der Waals surface area contributed by atoms with E-state index in [2.05, 4.69) is 21.2 Å². The minimum Gasteiger partial charge on any atom is -0.339 e. The van der Waals surface area contributed by atoms with Crippen LogP contribution < -0.4 is 0 Å². The highest BCUT2D eigenvalue weighted by atomic mass is 16.5. The molecule has 0 fully saturated rings. The third-order valence-electron chi connectivity index (χ3n) is 2.32. The van der Waals surface area contributed by atoms with E-state index in [1.54, 1.807) is 6.20 Å². The Morgan fingerprint density at radius 3 is 3.06 bits per heavy atom. The summed E-state index contributed by atoms with van der Waals surface area (Å²) in [5.41, 5.74) is 0.690. The molecule has 5 heteroatoms. The number of nitrogens with zero attached hydrogens (tertiary/aromatic N) is 4. The van der Waals surface area contributed by atoms with Gasteiger partial charge in [-0.3, -0.25) is 4.98 Å². The Labute approximate surface area is 99.1 Å². The zero-order chi connectivity index (χ0) is 12.1. The molecule has 0 amide bonds. The third kappa shape index (κ3) is 2.88. The van der Waals surface area contributed by atoms with Gasteiger partial charge >= 0.3 is 0 Å². The van der Waals surface area contributed by atoms with Gasteiger partial charge in [-0.1, -0.05) is 18.1 Å². The summed E-state index contributed by atoms with van der Waals surface area (Å²) in [6, 6.07) is 7.66. The molecule has 0 aliphatic heterocycles. The van der Waals surface area contributed by atoms with Gasteiger partial charge in [-0.05, 0) is 18.1 Å². The van der Waals surface area contributed by atoms with Crippen LogP contribution in [0.2, 0.25) is 0 Å². The lowest BCUT2D eigenvalue weighted by Crippen LogP contribution is -1.98. The molecule has 0 radical (unpaired) electrons. The molecule has 0 bridgehead atoms. The van der Waals surface area contributed by atoms with Crippen molar-refractivity contribution in [2.45, 2.75) is 19.8 Å². The van der Waals surface area contributed by atoms with Gasteiger partial charge in [0.2, 0.25) is 11.7 Å². The van der Waals surface area contributed by atoms with Crippen LogP contribution in [-0.4, -0.2) is 15.1 Å². The minimum absolute atomic E-state index is 0.219. The normalized spacial score (nSPS) is 12.0. The first kappa shape index (κ1) is 11.3. The molecular formula is C12H12N4O. The fraction of sp³-hybridized carbons (Fsp3) is 0.333. The molecule has 1 atom stereocenters.